The molecule has 0 aliphatic heterocycles. The van der Waals surface area contributed by atoms with Crippen molar-refractivity contribution in [3.8, 4) is 0 Å². The van der Waals surface area contributed by atoms with Crippen LogP contribution in [0.3, 0.4) is 0 Å². The first-order valence-electron chi connectivity index (χ1n) is 7.28. The van der Waals surface area contributed by atoms with Gasteiger partial charge in [0.2, 0.25) is 0 Å². The number of benzene rings is 1. The molecule has 7 heteroatoms. The van der Waals surface area contributed by atoms with Crippen LogP contribution in [0.5, 0.6) is 0 Å². The molecule has 25 heavy (non-hydrogen) atoms. The van der Waals surface area contributed by atoms with Crippen molar-refractivity contribution in [1.82, 2.24) is 4.98 Å². The molecule has 0 aliphatic rings. The van der Waals surface area contributed by atoms with Crippen LogP contribution in [0.4, 0.5) is 5.69 Å². The summed E-state index contributed by atoms with van der Waals surface area (Å²) in [6.45, 7) is 4.31. The van der Waals surface area contributed by atoms with Gasteiger partial charge in [-0.1, -0.05) is 25.1 Å². The zero-order valence-electron chi connectivity index (χ0n) is 14.3. The number of nitrogens with zero attached hydrogens (tertiary/aromatic N) is 2. The fourth-order valence-electron chi connectivity index (χ4n) is 1.41. The van der Waals surface area contributed by atoms with Gasteiger partial charge in [0.25, 0.3) is 11.9 Å². The Kier molecular flexibility index (Phi) is 15.1. The van der Waals surface area contributed by atoms with Crippen molar-refractivity contribution in [2.24, 2.45) is 4.99 Å². The van der Waals surface area contributed by atoms with Gasteiger partial charge < -0.3 is 10.2 Å². The SMILES string of the molecule is CC(=O)O.CC(=O)O.CCc1ccc(N=Cc2ccccn2)cc1.[Pd]. The van der Waals surface area contributed by atoms with Gasteiger partial charge in [-0.15, -0.1) is 0 Å². The van der Waals surface area contributed by atoms with Gasteiger partial charge in [0, 0.05) is 40.5 Å². The van der Waals surface area contributed by atoms with Gasteiger partial charge >= 0.3 is 0 Å². The maximum atomic E-state index is 9.00. The second kappa shape index (κ2) is 15.2. The molecule has 6 nitrogen and oxygen atoms in total. The normalized spacial score (nSPS) is 8.92. The number of aromatic nitrogens is 1. The molecular weight excluding hydrogens is 415 g/mol. The summed E-state index contributed by atoms with van der Waals surface area (Å²) in [4.78, 5) is 26.5. The van der Waals surface area contributed by atoms with Crippen molar-refractivity contribution in [3.63, 3.8) is 0 Å². The molecule has 1 aromatic carbocycles. The average Bonchev–Trinajstić information content (AvgIpc) is 2.53. The third-order valence-electron chi connectivity index (χ3n) is 2.38. The molecule has 0 saturated carbocycles. The van der Waals surface area contributed by atoms with Gasteiger partial charge in [0.15, 0.2) is 0 Å². The second-order valence-corrected chi connectivity index (χ2v) is 4.57. The Balaban J connectivity index is 0. The predicted molar refractivity (Wildman–Crippen MR) is 93.9 cm³/mol. The van der Waals surface area contributed by atoms with Crippen molar-refractivity contribution in [2.75, 3.05) is 0 Å². The van der Waals surface area contributed by atoms with E-state index in [2.05, 4.69) is 29.0 Å². The summed E-state index contributed by atoms with van der Waals surface area (Å²) in [7, 11) is 0. The molecule has 1 heterocycles. The molecule has 0 fully saturated rings. The number of carboxylic acids is 2. The molecule has 0 amide bonds. The van der Waals surface area contributed by atoms with Crippen LogP contribution in [0.25, 0.3) is 0 Å². The summed E-state index contributed by atoms with van der Waals surface area (Å²) in [6, 6.07) is 14.0. The molecule has 0 spiro atoms. The Morgan fingerprint density at radius 3 is 1.96 bits per heavy atom. The van der Waals surface area contributed by atoms with E-state index in [1.807, 2.05) is 30.3 Å². The number of carbonyl (C=O) groups is 2. The molecule has 0 saturated heterocycles. The molecule has 0 bridgehead atoms. The summed E-state index contributed by atoms with van der Waals surface area (Å²) < 4.78 is 0. The van der Waals surface area contributed by atoms with Gasteiger partial charge in [-0.25, -0.2) is 0 Å². The van der Waals surface area contributed by atoms with Gasteiger partial charge in [0.05, 0.1) is 17.6 Å². The standard InChI is InChI=1S/C14H14N2.2C2H4O2.Pd/c1-2-12-6-8-13(9-7-12)16-11-14-5-3-4-10-15-14;2*1-2(3)4;/h3-11H,2H2,1H3;2*1H3,(H,3,4);. The zero-order chi connectivity index (χ0) is 18.4. The van der Waals surface area contributed by atoms with Crippen LogP contribution >= 0.6 is 0 Å². The van der Waals surface area contributed by atoms with Crippen LogP contribution in [-0.2, 0) is 36.4 Å². The number of pyridine rings is 1. The van der Waals surface area contributed by atoms with E-state index in [0.29, 0.717) is 0 Å². The maximum absolute atomic E-state index is 9.00. The van der Waals surface area contributed by atoms with E-state index in [4.69, 9.17) is 19.8 Å². The second-order valence-electron chi connectivity index (χ2n) is 4.57. The van der Waals surface area contributed by atoms with E-state index in [1.54, 1.807) is 12.4 Å². The quantitative estimate of drug-likeness (QED) is 0.566. The van der Waals surface area contributed by atoms with Crippen molar-refractivity contribution in [2.45, 2.75) is 27.2 Å². The molecule has 0 unspecified atom stereocenters. The van der Waals surface area contributed by atoms with E-state index in [0.717, 1.165) is 31.6 Å². The van der Waals surface area contributed by atoms with Gasteiger partial charge in [-0.05, 0) is 36.2 Å². The fourth-order valence-corrected chi connectivity index (χ4v) is 1.41. The third-order valence-corrected chi connectivity index (χ3v) is 2.38. The molecule has 0 aliphatic carbocycles. The number of hydrogen-bond donors (Lipinski definition) is 2. The maximum Gasteiger partial charge on any atom is 0.300 e. The summed E-state index contributed by atoms with van der Waals surface area (Å²) in [5.41, 5.74) is 3.17. The molecular formula is C18H22N2O4Pd. The van der Waals surface area contributed by atoms with Crippen LogP contribution in [0, 0.1) is 0 Å². The van der Waals surface area contributed by atoms with Crippen LogP contribution < -0.4 is 0 Å². The first kappa shape index (κ1) is 24.9. The van der Waals surface area contributed by atoms with Crippen molar-refractivity contribution >= 4 is 23.8 Å². The number of hydrogen-bond acceptors (Lipinski definition) is 4. The average molecular weight is 437 g/mol. The Labute approximate surface area is 161 Å². The minimum absolute atomic E-state index is 0. The molecule has 2 aromatic rings. The summed E-state index contributed by atoms with van der Waals surface area (Å²) in [5.74, 6) is -1.67. The number of aliphatic imine (C=N–C) groups is 1. The van der Waals surface area contributed by atoms with Crippen LogP contribution in [-0.4, -0.2) is 33.4 Å². The monoisotopic (exact) mass is 436 g/mol. The van der Waals surface area contributed by atoms with Crippen LogP contribution in [0.1, 0.15) is 32.0 Å². The Morgan fingerprint density at radius 2 is 1.56 bits per heavy atom. The summed E-state index contributed by atoms with van der Waals surface area (Å²) >= 11 is 0. The van der Waals surface area contributed by atoms with E-state index in [9.17, 15) is 0 Å². The smallest absolute Gasteiger partial charge is 0.300 e. The molecule has 138 valence electrons. The molecule has 2 rings (SSSR count). The first-order valence-corrected chi connectivity index (χ1v) is 7.28. The first-order chi connectivity index (χ1) is 11.3. The summed E-state index contributed by atoms with van der Waals surface area (Å²) in [5, 5.41) is 14.8. The molecule has 0 radical (unpaired) electrons. The van der Waals surface area contributed by atoms with Crippen molar-refractivity contribution in [1.29, 1.82) is 0 Å². The number of carboxylic acid groups (broad SMARTS) is 2. The van der Waals surface area contributed by atoms with Gasteiger partial charge in [-0.2, -0.15) is 0 Å². The predicted octanol–water partition coefficient (Wildman–Crippen LogP) is 3.57. The Morgan fingerprint density at radius 1 is 1.04 bits per heavy atom. The number of rotatable bonds is 3. The number of aryl methyl sites for hydroxylation is 1. The third kappa shape index (κ3) is 16.3. The Bertz CT molecular complexity index is 624. The van der Waals surface area contributed by atoms with Crippen LogP contribution in [0.2, 0.25) is 0 Å². The van der Waals surface area contributed by atoms with E-state index >= 15 is 0 Å². The Hall–Kier alpha value is -2.36. The van der Waals surface area contributed by atoms with Crippen molar-refractivity contribution in [3.05, 3.63) is 59.9 Å². The minimum Gasteiger partial charge on any atom is -0.481 e. The van der Waals surface area contributed by atoms with Crippen LogP contribution in [0.15, 0.2) is 53.7 Å². The van der Waals surface area contributed by atoms with Gasteiger partial charge in [-0.3, -0.25) is 19.6 Å². The van der Waals surface area contributed by atoms with E-state index in [1.165, 1.54) is 5.56 Å². The summed E-state index contributed by atoms with van der Waals surface area (Å²) in [6.07, 6.45) is 4.60. The molecule has 1 aromatic heterocycles. The molecule has 0 atom stereocenters. The number of aliphatic carboxylic acids is 2. The fraction of sp³-hybridized carbons (Fsp3) is 0.222. The largest absolute Gasteiger partial charge is 0.481 e. The van der Waals surface area contributed by atoms with Crippen molar-refractivity contribution < 1.29 is 40.2 Å². The molecule has 2 N–H and O–H groups in total. The van der Waals surface area contributed by atoms with Gasteiger partial charge in [0.1, 0.15) is 0 Å². The topological polar surface area (TPSA) is 99.8 Å². The minimum atomic E-state index is -0.833. The zero-order valence-corrected chi connectivity index (χ0v) is 15.9. The van der Waals surface area contributed by atoms with E-state index in [-0.39, 0.29) is 20.4 Å². The van der Waals surface area contributed by atoms with E-state index < -0.39 is 11.9 Å².